The summed E-state index contributed by atoms with van der Waals surface area (Å²) in [6.45, 7) is 5.70. The number of nitrogens with zero attached hydrogens (tertiary/aromatic N) is 2. The van der Waals surface area contributed by atoms with E-state index in [4.69, 9.17) is 0 Å². The van der Waals surface area contributed by atoms with Gasteiger partial charge >= 0.3 is 0 Å². The minimum Gasteiger partial charge on any atom is -0.305 e. The fraction of sp³-hybridized carbons (Fsp3) is 0.222. The van der Waals surface area contributed by atoms with E-state index in [1.54, 1.807) is 6.92 Å². The molecule has 0 aliphatic carbocycles. The number of allylic oxidation sites excluding steroid dienone is 1. The van der Waals surface area contributed by atoms with Crippen molar-refractivity contribution in [2.75, 3.05) is 0 Å². The van der Waals surface area contributed by atoms with Gasteiger partial charge in [-0.2, -0.15) is 0 Å². The Labute approximate surface area is 80.4 Å². The van der Waals surface area contributed by atoms with E-state index in [2.05, 4.69) is 6.58 Å². The Kier molecular flexibility index (Phi) is 2.81. The Balaban J connectivity index is 3.15. The van der Waals surface area contributed by atoms with Crippen molar-refractivity contribution in [2.45, 2.75) is 13.5 Å². The minimum atomic E-state index is -0.533. The molecule has 0 bridgehead atoms. The lowest BCUT2D eigenvalue weighted by atomic mass is 10.3. The van der Waals surface area contributed by atoms with Crippen LogP contribution in [0.4, 0.5) is 5.69 Å². The summed E-state index contributed by atoms with van der Waals surface area (Å²) in [5.41, 5.74) is 0.414. The van der Waals surface area contributed by atoms with E-state index in [9.17, 15) is 14.9 Å². The molecular formula is C9H10N2O3. The molecule has 74 valence electrons. The predicted molar refractivity (Wildman–Crippen MR) is 52.2 cm³/mol. The SMILES string of the molecule is C=C(C)Cn1cc([N+](=O)[O-])ccc1=O. The van der Waals surface area contributed by atoms with Crippen LogP contribution in [0.2, 0.25) is 0 Å². The van der Waals surface area contributed by atoms with Crippen LogP contribution in [0.1, 0.15) is 6.92 Å². The van der Waals surface area contributed by atoms with E-state index >= 15 is 0 Å². The van der Waals surface area contributed by atoms with Gasteiger partial charge in [0.1, 0.15) is 0 Å². The van der Waals surface area contributed by atoms with E-state index < -0.39 is 4.92 Å². The van der Waals surface area contributed by atoms with Gasteiger partial charge in [-0.05, 0) is 6.92 Å². The Morgan fingerprint density at radius 2 is 2.29 bits per heavy atom. The zero-order valence-electron chi connectivity index (χ0n) is 7.77. The third-order valence-electron chi connectivity index (χ3n) is 1.62. The van der Waals surface area contributed by atoms with Gasteiger partial charge in [0.25, 0.3) is 11.2 Å². The molecule has 0 spiro atoms. The summed E-state index contributed by atoms with van der Waals surface area (Å²) in [7, 11) is 0. The van der Waals surface area contributed by atoms with Crippen molar-refractivity contribution in [3.05, 3.63) is 50.9 Å². The summed E-state index contributed by atoms with van der Waals surface area (Å²) in [5, 5.41) is 10.4. The lowest BCUT2D eigenvalue weighted by molar-refractivity contribution is -0.385. The van der Waals surface area contributed by atoms with Crippen molar-refractivity contribution in [1.82, 2.24) is 4.57 Å². The molecule has 1 aromatic heterocycles. The largest absolute Gasteiger partial charge is 0.305 e. The lowest BCUT2D eigenvalue weighted by Crippen LogP contribution is -2.19. The van der Waals surface area contributed by atoms with Crippen LogP contribution in [-0.4, -0.2) is 9.49 Å². The molecule has 5 heteroatoms. The van der Waals surface area contributed by atoms with Crippen LogP contribution < -0.4 is 5.56 Å². The highest BCUT2D eigenvalue weighted by Crippen LogP contribution is 2.07. The normalized spacial score (nSPS) is 9.79. The topological polar surface area (TPSA) is 65.1 Å². The van der Waals surface area contributed by atoms with Crippen molar-refractivity contribution >= 4 is 5.69 Å². The number of nitro groups is 1. The van der Waals surface area contributed by atoms with Crippen molar-refractivity contribution in [3.8, 4) is 0 Å². The van der Waals surface area contributed by atoms with Crippen LogP contribution in [0.3, 0.4) is 0 Å². The van der Waals surface area contributed by atoms with Crippen LogP contribution in [0, 0.1) is 10.1 Å². The average Bonchev–Trinajstić information content (AvgIpc) is 2.07. The lowest BCUT2D eigenvalue weighted by Gasteiger charge is -2.03. The van der Waals surface area contributed by atoms with Crippen molar-refractivity contribution in [3.63, 3.8) is 0 Å². The number of hydrogen-bond acceptors (Lipinski definition) is 3. The first-order chi connectivity index (χ1) is 6.50. The maximum absolute atomic E-state index is 11.2. The van der Waals surface area contributed by atoms with Crippen LogP contribution in [0.25, 0.3) is 0 Å². The Morgan fingerprint density at radius 1 is 1.64 bits per heavy atom. The molecule has 0 unspecified atom stereocenters. The highest BCUT2D eigenvalue weighted by molar-refractivity contribution is 5.25. The molecular weight excluding hydrogens is 184 g/mol. The quantitative estimate of drug-likeness (QED) is 0.414. The Bertz CT molecular complexity index is 434. The molecule has 0 aliphatic heterocycles. The summed E-state index contributed by atoms with van der Waals surface area (Å²) in [6, 6.07) is 2.37. The molecule has 0 atom stereocenters. The fourth-order valence-corrected chi connectivity index (χ4v) is 1.04. The van der Waals surface area contributed by atoms with Gasteiger partial charge in [-0.25, -0.2) is 0 Å². The molecule has 14 heavy (non-hydrogen) atoms. The van der Waals surface area contributed by atoms with Crippen LogP contribution in [0.5, 0.6) is 0 Å². The molecule has 0 N–H and O–H groups in total. The first-order valence-corrected chi connectivity index (χ1v) is 4.00. The fourth-order valence-electron chi connectivity index (χ4n) is 1.04. The molecule has 1 aromatic rings. The van der Waals surface area contributed by atoms with Gasteiger partial charge < -0.3 is 4.57 Å². The van der Waals surface area contributed by atoms with Gasteiger partial charge in [-0.15, -0.1) is 0 Å². The van der Waals surface area contributed by atoms with Gasteiger partial charge in [0.15, 0.2) is 0 Å². The zero-order chi connectivity index (χ0) is 10.7. The average molecular weight is 194 g/mol. The molecule has 1 rings (SSSR count). The number of pyridine rings is 1. The number of hydrogen-bond donors (Lipinski definition) is 0. The molecule has 0 saturated carbocycles. The van der Waals surface area contributed by atoms with Crippen LogP contribution in [0.15, 0.2) is 35.3 Å². The summed E-state index contributed by atoms with van der Waals surface area (Å²) >= 11 is 0. The highest BCUT2D eigenvalue weighted by atomic mass is 16.6. The first kappa shape index (κ1) is 10.2. The van der Waals surface area contributed by atoms with Gasteiger partial charge in [-0.3, -0.25) is 14.9 Å². The smallest absolute Gasteiger partial charge is 0.285 e. The predicted octanol–water partition coefficient (Wildman–Crippen LogP) is 1.33. The molecule has 0 aliphatic rings. The van der Waals surface area contributed by atoms with Crippen LogP contribution in [-0.2, 0) is 6.54 Å². The Hall–Kier alpha value is -1.91. The second-order valence-corrected chi connectivity index (χ2v) is 3.07. The second-order valence-electron chi connectivity index (χ2n) is 3.07. The summed E-state index contributed by atoms with van der Waals surface area (Å²) < 4.78 is 1.26. The minimum absolute atomic E-state index is 0.0918. The van der Waals surface area contributed by atoms with E-state index in [0.29, 0.717) is 6.54 Å². The third-order valence-corrected chi connectivity index (χ3v) is 1.62. The van der Waals surface area contributed by atoms with Crippen molar-refractivity contribution in [2.24, 2.45) is 0 Å². The number of rotatable bonds is 3. The molecule has 0 amide bonds. The maximum atomic E-state index is 11.2. The third kappa shape index (κ3) is 2.29. The number of aromatic nitrogens is 1. The molecule has 0 saturated heterocycles. The van der Waals surface area contributed by atoms with Gasteiger partial charge in [0, 0.05) is 18.7 Å². The molecule has 0 fully saturated rings. The van der Waals surface area contributed by atoms with E-state index in [1.165, 1.54) is 22.9 Å². The molecule has 5 nitrogen and oxygen atoms in total. The maximum Gasteiger partial charge on any atom is 0.285 e. The molecule has 0 radical (unpaired) electrons. The highest BCUT2D eigenvalue weighted by Gasteiger charge is 2.06. The van der Waals surface area contributed by atoms with Gasteiger partial charge in [0.05, 0.1) is 11.1 Å². The zero-order valence-corrected chi connectivity index (χ0v) is 7.77. The standard InChI is InChI=1S/C9H10N2O3/c1-7(2)5-10-6-8(11(13)14)3-4-9(10)12/h3-4,6H,1,5H2,2H3. The van der Waals surface area contributed by atoms with E-state index in [-0.39, 0.29) is 11.2 Å². The first-order valence-electron chi connectivity index (χ1n) is 4.00. The van der Waals surface area contributed by atoms with E-state index in [0.717, 1.165) is 5.57 Å². The van der Waals surface area contributed by atoms with Crippen molar-refractivity contribution < 1.29 is 4.92 Å². The molecule has 1 heterocycles. The van der Waals surface area contributed by atoms with E-state index in [1.807, 2.05) is 0 Å². The van der Waals surface area contributed by atoms with Crippen molar-refractivity contribution in [1.29, 1.82) is 0 Å². The monoisotopic (exact) mass is 194 g/mol. The van der Waals surface area contributed by atoms with Gasteiger partial charge in [0.2, 0.25) is 0 Å². The summed E-state index contributed by atoms with van der Waals surface area (Å²) in [5.74, 6) is 0. The Morgan fingerprint density at radius 3 is 2.79 bits per heavy atom. The second kappa shape index (κ2) is 3.87. The van der Waals surface area contributed by atoms with Crippen LogP contribution >= 0.6 is 0 Å². The van der Waals surface area contributed by atoms with Gasteiger partial charge in [-0.1, -0.05) is 12.2 Å². The summed E-state index contributed by atoms with van der Waals surface area (Å²) in [6.07, 6.45) is 1.22. The summed E-state index contributed by atoms with van der Waals surface area (Å²) in [4.78, 5) is 21.1. The molecule has 0 aromatic carbocycles.